The number of benzene rings is 1. The summed E-state index contributed by atoms with van der Waals surface area (Å²) < 4.78 is 5.32. The zero-order chi connectivity index (χ0) is 28.9. The molecule has 3 N–H and O–H groups in total. The van der Waals surface area contributed by atoms with Gasteiger partial charge in [-0.2, -0.15) is 0 Å². The lowest BCUT2D eigenvalue weighted by Crippen LogP contribution is -2.56. The van der Waals surface area contributed by atoms with Crippen LogP contribution < -0.4 is 10.6 Å². The molecule has 0 saturated heterocycles. The first kappa shape index (κ1) is 33.4. The van der Waals surface area contributed by atoms with Crippen molar-refractivity contribution in [2.24, 2.45) is 5.92 Å². The van der Waals surface area contributed by atoms with E-state index in [1.165, 1.54) is 4.90 Å². The first-order chi connectivity index (χ1) is 17.8. The van der Waals surface area contributed by atoms with Crippen LogP contribution in [-0.4, -0.2) is 58.8 Å². The molecule has 0 aliphatic rings. The number of aliphatic hydroxyl groups excluding tert-OH is 1. The van der Waals surface area contributed by atoms with Gasteiger partial charge in [0.1, 0.15) is 17.7 Å². The van der Waals surface area contributed by atoms with Crippen molar-refractivity contribution < 1.29 is 24.2 Å². The van der Waals surface area contributed by atoms with E-state index < -0.39 is 36.3 Å². The summed E-state index contributed by atoms with van der Waals surface area (Å²) in [5, 5.41) is 15.7. The molecule has 8 heteroatoms. The molecule has 0 bridgehead atoms. The second-order valence-electron chi connectivity index (χ2n) is 11.4. The summed E-state index contributed by atoms with van der Waals surface area (Å²) in [7, 11) is 0. The van der Waals surface area contributed by atoms with Crippen LogP contribution >= 0.6 is 0 Å². The minimum Gasteiger partial charge on any atom is -0.444 e. The van der Waals surface area contributed by atoms with Gasteiger partial charge in [-0.3, -0.25) is 9.59 Å². The Morgan fingerprint density at radius 3 is 2.13 bits per heavy atom. The van der Waals surface area contributed by atoms with Crippen LogP contribution in [-0.2, 0) is 20.7 Å². The number of rotatable bonds is 15. The van der Waals surface area contributed by atoms with E-state index in [0.29, 0.717) is 24.4 Å². The van der Waals surface area contributed by atoms with Crippen LogP contribution in [0.2, 0.25) is 0 Å². The Kier molecular flexibility index (Phi) is 14.4. The van der Waals surface area contributed by atoms with Gasteiger partial charge < -0.3 is 25.4 Å². The van der Waals surface area contributed by atoms with Crippen molar-refractivity contribution in [2.45, 2.75) is 118 Å². The maximum absolute atomic E-state index is 14.0. The average molecular weight is 534 g/mol. The zero-order valence-corrected chi connectivity index (χ0v) is 24.8. The predicted molar refractivity (Wildman–Crippen MR) is 152 cm³/mol. The monoisotopic (exact) mass is 533 g/mol. The van der Waals surface area contributed by atoms with Crippen molar-refractivity contribution in [1.82, 2.24) is 15.5 Å². The molecule has 216 valence electrons. The van der Waals surface area contributed by atoms with Gasteiger partial charge in [-0.15, -0.1) is 0 Å². The number of aryl methyl sites for hydroxylation is 1. The summed E-state index contributed by atoms with van der Waals surface area (Å²) in [6.07, 6.45) is 4.45. The molecule has 8 nitrogen and oxygen atoms in total. The van der Waals surface area contributed by atoms with Crippen LogP contribution in [0, 0.1) is 5.92 Å². The van der Waals surface area contributed by atoms with E-state index in [9.17, 15) is 19.5 Å². The first-order valence-corrected chi connectivity index (χ1v) is 14.1. The lowest BCUT2D eigenvalue weighted by Gasteiger charge is -2.38. The number of carbonyl (C=O) groups excluding carboxylic acids is 3. The Bertz CT molecular complexity index is 864. The summed E-state index contributed by atoms with van der Waals surface area (Å²) in [6, 6.07) is 5.23. The third kappa shape index (κ3) is 11.4. The molecule has 3 unspecified atom stereocenters. The smallest absolute Gasteiger partial charge is 0.408 e. The lowest BCUT2D eigenvalue weighted by molar-refractivity contribution is -0.146. The zero-order valence-electron chi connectivity index (χ0n) is 24.8. The van der Waals surface area contributed by atoms with E-state index in [0.717, 1.165) is 37.7 Å². The molecule has 0 aromatic heterocycles. The molecule has 3 amide bonds. The summed E-state index contributed by atoms with van der Waals surface area (Å²) in [5.41, 5.74) is 1.05. The molecule has 1 aromatic rings. The maximum atomic E-state index is 14.0. The SMILES string of the molecule is CCCCCNC(=O)C(c1ccc(CC)cc1)N(C(=O)C(CO)NC(=O)OC(C)(C)C)C(C)CCC(C)C. The summed E-state index contributed by atoms with van der Waals surface area (Å²) in [5.74, 6) is -0.389. The minimum absolute atomic E-state index is 0.274. The number of hydrogen-bond acceptors (Lipinski definition) is 5. The predicted octanol–water partition coefficient (Wildman–Crippen LogP) is 5.14. The molecule has 1 rings (SSSR count). The van der Waals surface area contributed by atoms with Crippen molar-refractivity contribution in [2.75, 3.05) is 13.2 Å². The Balaban J connectivity index is 3.47. The number of nitrogens with one attached hydrogen (secondary N) is 2. The van der Waals surface area contributed by atoms with E-state index >= 15 is 0 Å². The van der Waals surface area contributed by atoms with Gasteiger partial charge in [-0.1, -0.05) is 64.8 Å². The van der Waals surface area contributed by atoms with Gasteiger partial charge >= 0.3 is 6.09 Å². The van der Waals surface area contributed by atoms with Gasteiger partial charge in [0.15, 0.2) is 0 Å². The average Bonchev–Trinajstić information content (AvgIpc) is 2.85. The lowest BCUT2D eigenvalue weighted by atomic mass is 9.96. The second-order valence-corrected chi connectivity index (χ2v) is 11.4. The fourth-order valence-electron chi connectivity index (χ4n) is 4.18. The van der Waals surface area contributed by atoms with Crippen molar-refractivity contribution in [1.29, 1.82) is 0 Å². The number of unbranched alkanes of at least 4 members (excludes halogenated alkanes) is 2. The van der Waals surface area contributed by atoms with E-state index in [1.807, 2.05) is 31.2 Å². The van der Waals surface area contributed by atoms with Gasteiger partial charge in [-0.25, -0.2) is 4.79 Å². The number of carbonyl (C=O) groups is 3. The van der Waals surface area contributed by atoms with Gasteiger partial charge in [0, 0.05) is 12.6 Å². The number of alkyl carbamates (subject to hydrolysis) is 1. The van der Waals surface area contributed by atoms with E-state index in [-0.39, 0.29) is 11.9 Å². The molecule has 0 radical (unpaired) electrons. The molecule has 0 heterocycles. The van der Waals surface area contributed by atoms with Crippen LogP contribution in [0.5, 0.6) is 0 Å². The van der Waals surface area contributed by atoms with Crippen molar-refractivity contribution in [3.63, 3.8) is 0 Å². The van der Waals surface area contributed by atoms with Gasteiger partial charge in [0.25, 0.3) is 0 Å². The molecule has 0 fully saturated rings. The minimum atomic E-state index is -1.25. The largest absolute Gasteiger partial charge is 0.444 e. The highest BCUT2D eigenvalue weighted by atomic mass is 16.6. The molecule has 0 aliphatic carbocycles. The van der Waals surface area contributed by atoms with Gasteiger partial charge in [-0.05, 0) is 70.4 Å². The van der Waals surface area contributed by atoms with Crippen LogP contribution in [0.4, 0.5) is 4.79 Å². The number of aliphatic hydroxyl groups is 1. The number of nitrogens with zero attached hydrogens (tertiary/aromatic N) is 1. The number of ether oxygens (including phenoxy) is 1. The fraction of sp³-hybridized carbons (Fsp3) is 0.700. The van der Waals surface area contributed by atoms with Crippen molar-refractivity contribution in [3.05, 3.63) is 35.4 Å². The molecule has 0 saturated carbocycles. The highest BCUT2D eigenvalue weighted by Gasteiger charge is 2.38. The van der Waals surface area contributed by atoms with Crippen LogP contribution in [0.3, 0.4) is 0 Å². The third-order valence-corrected chi connectivity index (χ3v) is 6.37. The molecule has 38 heavy (non-hydrogen) atoms. The quantitative estimate of drug-likeness (QED) is 0.271. The molecule has 0 spiro atoms. The van der Waals surface area contributed by atoms with Crippen LogP contribution in [0.25, 0.3) is 0 Å². The fourth-order valence-corrected chi connectivity index (χ4v) is 4.18. The molecule has 0 aliphatic heterocycles. The summed E-state index contributed by atoms with van der Waals surface area (Å²) >= 11 is 0. The molecule has 3 atom stereocenters. The Labute approximate surface area is 229 Å². The van der Waals surface area contributed by atoms with E-state index in [4.69, 9.17) is 4.74 Å². The second kappa shape index (κ2) is 16.4. The third-order valence-electron chi connectivity index (χ3n) is 6.37. The van der Waals surface area contributed by atoms with Crippen molar-refractivity contribution >= 4 is 17.9 Å². The van der Waals surface area contributed by atoms with Crippen LogP contribution in [0.15, 0.2) is 24.3 Å². The number of amides is 3. The normalized spacial score (nSPS) is 13.9. The summed E-state index contributed by atoms with van der Waals surface area (Å²) in [6.45, 7) is 15.4. The Morgan fingerprint density at radius 2 is 1.63 bits per heavy atom. The highest BCUT2D eigenvalue weighted by molar-refractivity contribution is 5.92. The molecular formula is C30H51N3O5. The topological polar surface area (TPSA) is 108 Å². The summed E-state index contributed by atoms with van der Waals surface area (Å²) in [4.78, 5) is 41.7. The number of hydrogen-bond donors (Lipinski definition) is 3. The molecule has 1 aromatic carbocycles. The van der Waals surface area contributed by atoms with E-state index in [2.05, 4.69) is 38.3 Å². The van der Waals surface area contributed by atoms with Crippen molar-refractivity contribution in [3.8, 4) is 0 Å². The first-order valence-electron chi connectivity index (χ1n) is 14.1. The highest BCUT2D eigenvalue weighted by Crippen LogP contribution is 2.28. The van der Waals surface area contributed by atoms with E-state index in [1.54, 1.807) is 20.8 Å². The standard InChI is InChI=1S/C30H51N3O5/c1-9-11-12-19-31-27(35)26(24-17-15-23(10-2)16-18-24)33(22(5)14-13-21(3)4)28(36)25(20-34)32-29(37)38-30(6,7)8/h15-18,21-22,25-26,34H,9-14,19-20H2,1-8H3,(H,31,35)(H,32,37). The van der Waals surface area contributed by atoms with Crippen LogP contribution in [0.1, 0.15) is 105 Å². The Morgan fingerprint density at radius 1 is 1.00 bits per heavy atom. The van der Waals surface area contributed by atoms with Gasteiger partial charge in [0.2, 0.25) is 11.8 Å². The maximum Gasteiger partial charge on any atom is 0.408 e. The molecular weight excluding hydrogens is 482 g/mol. The van der Waals surface area contributed by atoms with Gasteiger partial charge in [0.05, 0.1) is 6.61 Å². The Hall–Kier alpha value is -2.61.